The molecule has 3 N–H and O–H groups in total. The summed E-state index contributed by atoms with van der Waals surface area (Å²) in [7, 11) is 0. The number of piperidine rings is 1. The van der Waals surface area contributed by atoms with Gasteiger partial charge in [0.15, 0.2) is 0 Å². The van der Waals surface area contributed by atoms with E-state index < -0.39 is 0 Å². The molecule has 0 spiro atoms. The maximum Gasteiger partial charge on any atom is 0.224 e. The fourth-order valence-corrected chi connectivity index (χ4v) is 3.59. The summed E-state index contributed by atoms with van der Waals surface area (Å²) in [6.07, 6.45) is 8.94. The fourth-order valence-electron chi connectivity index (χ4n) is 3.59. The third-order valence-corrected chi connectivity index (χ3v) is 4.88. The SMILES string of the molecule is CCCN1CCC(NC(=O)C2CCCCCC2N)CC1. The van der Waals surface area contributed by atoms with Crippen molar-refractivity contribution in [3.05, 3.63) is 0 Å². The van der Waals surface area contributed by atoms with Crippen LogP contribution in [-0.2, 0) is 4.79 Å². The van der Waals surface area contributed by atoms with Crippen molar-refractivity contribution in [2.45, 2.75) is 70.4 Å². The van der Waals surface area contributed by atoms with E-state index in [1.807, 2.05) is 0 Å². The van der Waals surface area contributed by atoms with Gasteiger partial charge < -0.3 is 16.0 Å². The number of nitrogens with two attached hydrogens (primary N) is 1. The number of carbonyl (C=O) groups is 1. The van der Waals surface area contributed by atoms with E-state index in [4.69, 9.17) is 5.73 Å². The maximum absolute atomic E-state index is 12.4. The van der Waals surface area contributed by atoms with Gasteiger partial charge in [0.1, 0.15) is 0 Å². The van der Waals surface area contributed by atoms with Crippen LogP contribution in [0.2, 0.25) is 0 Å². The molecule has 1 aliphatic heterocycles. The molecule has 0 aromatic carbocycles. The largest absolute Gasteiger partial charge is 0.353 e. The van der Waals surface area contributed by atoms with Gasteiger partial charge >= 0.3 is 0 Å². The second-order valence-corrected chi connectivity index (χ2v) is 6.53. The molecule has 0 radical (unpaired) electrons. The first-order valence-corrected chi connectivity index (χ1v) is 8.49. The monoisotopic (exact) mass is 281 g/mol. The van der Waals surface area contributed by atoms with Crippen LogP contribution in [0.25, 0.3) is 0 Å². The molecule has 1 saturated carbocycles. The van der Waals surface area contributed by atoms with Crippen LogP contribution >= 0.6 is 0 Å². The summed E-state index contributed by atoms with van der Waals surface area (Å²) >= 11 is 0. The molecule has 2 aliphatic rings. The van der Waals surface area contributed by atoms with E-state index >= 15 is 0 Å². The molecule has 0 bridgehead atoms. The maximum atomic E-state index is 12.4. The topological polar surface area (TPSA) is 58.4 Å². The number of nitrogens with one attached hydrogen (secondary N) is 1. The third-order valence-electron chi connectivity index (χ3n) is 4.88. The molecule has 0 aromatic heterocycles. The van der Waals surface area contributed by atoms with Crippen molar-refractivity contribution < 1.29 is 4.79 Å². The summed E-state index contributed by atoms with van der Waals surface area (Å²) in [6.45, 7) is 5.65. The zero-order chi connectivity index (χ0) is 14.4. The normalized spacial score (nSPS) is 29.9. The molecule has 2 fully saturated rings. The zero-order valence-electron chi connectivity index (χ0n) is 12.9. The number of nitrogens with zero attached hydrogens (tertiary/aromatic N) is 1. The lowest BCUT2D eigenvalue weighted by atomic mass is 9.93. The minimum atomic E-state index is 0.0474. The second kappa shape index (κ2) is 7.99. The lowest BCUT2D eigenvalue weighted by molar-refractivity contribution is -0.126. The minimum absolute atomic E-state index is 0.0474. The van der Waals surface area contributed by atoms with Gasteiger partial charge in [-0.2, -0.15) is 0 Å². The molecular formula is C16H31N3O. The first-order valence-electron chi connectivity index (χ1n) is 8.49. The Morgan fingerprint density at radius 3 is 2.55 bits per heavy atom. The van der Waals surface area contributed by atoms with Gasteiger partial charge in [-0.25, -0.2) is 0 Å². The Morgan fingerprint density at radius 2 is 1.85 bits per heavy atom. The lowest BCUT2D eigenvalue weighted by Gasteiger charge is -2.33. The van der Waals surface area contributed by atoms with Crippen LogP contribution in [-0.4, -0.2) is 42.5 Å². The average molecular weight is 281 g/mol. The summed E-state index contributed by atoms with van der Waals surface area (Å²) in [5.41, 5.74) is 6.18. The van der Waals surface area contributed by atoms with Crippen molar-refractivity contribution in [3.63, 3.8) is 0 Å². The van der Waals surface area contributed by atoms with E-state index in [1.165, 1.54) is 25.8 Å². The Morgan fingerprint density at radius 1 is 1.15 bits per heavy atom. The highest BCUT2D eigenvalue weighted by atomic mass is 16.2. The van der Waals surface area contributed by atoms with Crippen LogP contribution in [0.5, 0.6) is 0 Å². The average Bonchev–Trinajstić information content (AvgIpc) is 2.66. The second-order valence-electron chi connectivity index (χ2n) is 6.53. The predicted octanol–water partition coefficient (Wildman–Crippen LogP) is 1.88. The predicted molar refractivity (Wildman–Crippen MR) is 82.4 cm³/mol. The van der Waals surface area contributed by atoms with Crippen LogP contribution in [0.15, 0.2) is 0 Å². The number of hydrogen-bond donors (Lipinski definition) is 2. The van der Waals surface area contributed by atoms with Crippen molar-refractivity contribution in [2.75, 3.05) is 19.6 Å². The third kappa shape index (κ3) is 4.45. The van der Waals surface area contributed by atoms with Crippen LogP contribution in [0.4, 0.5) is 0 Å². The molecule has 1 amide bonds. The number of carbonyl (C=O) groups excluding carboxylic acids is 1. The van der Waals surface area contributed by atoms with Gasteiger partial charge in [-0.05, 0) is 38.6 Å². The molecule has 2 unspecified atom stereocenters. The van der Waals surface area contributed by atoms with E-state index in [0.717, 1.165) is 45.2 Å². The smallest absolute Gasteiger partial charge is 0.224 e. The summed E-state index contributed by atoms with van der Waals surface area (Å²) in [4.78, 5) is 14.9. The van der Waals surface area contributed by atoms with Gasteiger partial charge in [-0.1, -0.05) is 26.2 Å². The van der Waals surface area contributed by atoms with Crippen LogP contribution in [0.1, 0.15) is 58.3 Å². The first kappa shape index (κ1) is 15.8. The van der Waals surface area contributed by atoms with Crippen molar-refractivity contribution >= 4 is 5.91 Å². The van der Waals surface area contributed by atoms with Gasteiger partial charge in [0.05, 0.1) is 5.92 Å². The van der Waals surface area contributed by atoms with E-state index in [1.54, 1.807) is 0 Å². The molecular weight excluding hydrogens is 250 g/mol. The Kier molecular flexibility index (Phi) is 6.30. The Hall–Kier alpha value is -0.610. The van der Waals surface area contributed by atoms with E-state index in [2.05, 4.69) is 17.1 Å². The highest BCUT2D eigenvalue weighted by molar-refractivity contribution is 5.79. The molecule has 116 valence electrons. The van der Waals surface area contributed by atoms with Crippen LogP contribution in [0.3, 0.4) is 0 Å². The van der Waals surface area contributed by atoms with Gasteiger partial charge in [0.2, 0.25) is 5.91 Å². The van der Waals surface area contributed by atoms with Gasteiger partial charge in [0, 0.05) is 25.2 Å². The molecule has 2 rings (SSSR count). The Labute approximate surface area is 123 Å². The molecule has 0 aromatic rings. The molecule has 20 heavy (non-hydrogen) atoms. The van der Waals surface area contributed by atoms with E-state index in [-0.39, 0.29) is 17.9 Å². The number of amides is 1. The molecule has 4 heteroatoms. The quantitative estimate of drug-likeness (QED) is 0.774. The highest BCUT2D eigenvalue weighted by Gasteiger charge is 2.29. The number of hydrogen-bond acceptors (Lipinski definition) is 3. The summed E-state index contributed by atoms with van der Waals surface area (Å²) < 4.78 is 0. The molecule has 2 atom stereocenters. The minimum Gasteiger partial charge on any atom is -0.353 e. The lowest BCUT2D eigenvalue weighted by Crippen LogP contribution is -2.49. The summed E-state index contributed by atoms with van der Waals surface area (Å²) in [5.74, 6) is 0.263. The van der Waals surface area contributed by atoms with E-state index in [9.17, 15) is 4.79 Å². The van der Waals surface area contributed by atoms with Crippen molar-refractivity contribution in [1.29, 1.82) is 0 Å². The van der Waals surface area contributed by atoms with Crippen LogP contribution < -0.4 is 11.1 Å². The summed E-state index contributed by atoms with van der Waals surface area (Å²) in [6, 6.07) is 0.434. The standard InChI is InChI=1S/C16H31N3O/c1-2-10-19-11-8-13(9-12-19)18-16(20)14-6-4-3-5-7-15(14)17/h13-15H,2-12,17H2,1H3,(H,18,20). The fraction of sp³-hybridized carbons (Fsp3) is 0.938. The molecule has 1 saturated heterocycles. The van der Waals surface area contributed by atoms with Gasteiger partial charge in [-0.15, -0.1) is 0 Å². The summed E-state index contributed by atoms with van der Waals surface area (Å²) in [5, 5.41) is 3.26. The molecule has 1 heterocycles. The zero-order valence-corrected chi connectivity index (χ0v) is 12.9. The van der Waals surface area contributed by atoms with Crippen molar-refractivity contribution in [3.8, 4) is 0 Å². The van der Waals surface area contributed by atoms with Crippen molar-refractivity contribution in [2.24, 2.45) is 11.7 Å². The Bertz CT molecular complexity index is 300. The number of rotatable bonds is 4. The Balaban J connectivity index is 1.76. The molecule has 4 nitrogen and oxygen atoms in total. The van der Waals surface area contributed by atoms with Crippen molar-refractivity contribution in [1.82, 2.24) is 10.2 Å². The van der Waals surface area contributed by atoms with Gasteiger partial charge in [0.25, 0.3) is 0 Å². The first-order chi connectivity index (χ1) is 9.70. The highest BCUT2D eigenvalue weighted by Crippen LogP contribution is 2.23. The van der Waals surface area contributed by atoms with E-state index in [0.29, 0.717) is 6.04 Å². The van der Waals surface area contributed by atoms with Gasteiger partial charge in [-0.3, -0.25) is 4.79 Å². The number of likely N-dealkylation sites (tertiary alicyclic amines) is 1. The van der Waals surface area contributed by atoms with Crippen LogP contribution in [0, 0.1) is 5.92 Å². The molecule has 1 aliphatic carbocycles.